The fraction of sp³-hybridized carbons (Fsp3) is 0.500. The van der Waals surface area contributed by atoms with Crippen LogP contribution < -0.4 is 5.32 Å². The Morgan fingerprint density at radius 2 is 2.04 bits per heavy atom. The van der Waals surface area contributed by atoms with Crippen LogP contribution in [0.4, 0.5) is 4.79 Å². The van der Waals surface area contributed by atoms with Crippen molar-refractivity contribution in [2.45, 2.75) is 51.6 Å². The van der Waals surface area contributed by atoms with Crippen LogP contribution in [0.5, 0.6) is 0 Å². The highest BCUT2D eigenvalue weighted by Crippen LogP contribution is 2.30. The Balaban J connectivity index is 1.77. The summed E-state index contributed by atoms with van der Waals surface area (Å²) in [4.78, 5) is 31.5. The van der Waals surface area contributed by atoms with E-state index >= 15 is 0 Å². The molecule has 0 atom stereocenters. The standard InChI is InChI=1S/C16H19BrN4O3S/c1-3-5-16(6-4-2)14(22)21(15(23)19-16)8-12-18-13(20-24-12)11-7-10(17)9-25-11/h7,9H,3-6,8H2,1-2H3,(H,19,23). The van der Waals surface area contributed by atoms with Crippen LogP contribution in [-0.4, -0.2) is 32.5 Å². The molecule has 7 nitrogen and oxygen atoms in total. The maximum atomic E-state index is 12.9. The molecule has 1 aliphatic rings. The lowest BCUT2D eigenvalue weighted by molar-refractivity contribution is -0.132. The fourth-order valence-corrected chi connectivity index (χ4v) is 4.47. The largest absolute Gasteiger partial charge is 0.337 e. The molecular formula is C16H19BrN4O3S. The normalized spacial score (nSPS) is 16.5. The van der Waals surface area contributed by atoms with Gasteiger partial charge in [0, 0.05) is 9.85 Å². The van der Waals surface area contributed by atoms with Crippen LogP contribution >= 0.6 is 27.3 Å². The van der Waals surface area contributed by atoms with Gasteiger partial charge in [-0.15, -0.1) is 11.3 Å². The predicted octanol–water partition coefficient (Wildman–Crippen LogP) is 3.95. The van der Waals surface area contributed by atoms with Gasteiger partial charge in [0.2, 0.25) is 11.7 Å². The van der Waals surface area contributed by atoms with E-state index in [0.29, 0.717) is 18.7 Å². The van der Waals surface area contributed by atoms with Crippen LogP contribution in [0.2, 0.25) is 0 Å². The van der Waals surface area contributed by atoms with E-state index in [1.807, 2.05) is 25.3 Å². The number of hydrogen-bond acceptors (Lipinski definition) is 6. The number of carbonyl (C=O) groups is 2. The predicted molar refractivity (Wildman–Crippen MR) is 96.9 cm³/mol. The Hall–Kier alpha value is -1.74. The van der Waals surface area contributed by atoms with E-state index < -0.39 is 11.6 Å². The van der Waals surface area contributed by atoms with Gasteiger partial charge in [-0.05, 0) is 34.8 Å². The average Bonchev–Trinajstić information content (AvgIpc) is 3.25. The third kappa shape index (κ3) is 3.48. The average molecular weight is 427 g/mol. The van der Waals surface area contributed by atoms with Crippen molar-refractivity contribution in [3.05, 3.63) is 21.8 Å². The van der Waals surface area contributed by atoms with Gasteiger partial charge in [-0.25, -0.2) is 4.79 Å². The molecule has 0 bridgehead atoms. The number of thiophene rings is 1. The Kier molecular flexibility index (Phi) is 5.24. The summed E-state index contributed by atoms with van der Waals surface area (Å²) < 4.78 is 6.17. The lowest BCUT2D eigenvalue weighted by Crippen LogP contribution is -2.46. The molecule has 1 N–H and O–H groups in total. The Labute approximate surface area is 157 Å². The summed E-state index contributed by atoms with van der Waals surface area (Å²) in [6, 6.07) is 1.49. The second-order valence-electron chi connectivity index (χ2n) is 6.04. The Morgan fingerprint density at radius 1 is 1.32 bits per heavy atom. The van der Waals surface area contributed by atoms with Gasteiger partial charge >= 0.3 is 6.03 Å². The molecule has 1 aliphatic heterocycles. The number of urea groups is 1. The van der Waals surface area contributed by atoms with Crippen LogP contribution in [0.25, 0.3) is 10.7 Å². The third-order valence-electron chi connectivity index (χ3n) is 4.15. The van der Waals surface area contributed by atoms with Crippen LogP contribution in [0.1, 0.15) is 45.4 Å². The summed E-state index contributed by atoms with van der Waals surface area (Å²) in [6.07, 6.45) is 2.89. The minimum absolute atomic E-state index is 0.0145. The highest BCUT2D eigenvalue weighted by Gasteiger charge is 2.50. The van der Waals surface area contributed by atoms with Gasteiger partial charge in [-0.1, -0.05) is 31.8 Å². The summed E-state index contributed by atoms with van der Waals surface area (Å²) in [5.74, 6) is 0.484. The van der Waals surface area contributed by atoms with Gasteiger partial charge in [-0.2, -0.15) is 4.98 Å². The zero-order chi connectivity index (χ0) is 18.0. The number of carbonyl (C=O) groups excluding carboxylic acids is 2. The summed E-state index contributed by atoms with van der Waals surface area (Å²) in [5.41, 5.74) is -0.804. The molecule has 1 saturated heterocycles. The first-order valence-electron chi connectivity index (χ1n) is 8.20. The smallest absolute Gasteiger partial charge is 0.325 e. The number of nitrogens with zero attached hydrogens (tertiary/aromatic N) is 3. The van der Waals surface area contributed by atoms with Crippen molar-refractivity contribution in [1.29, 1.82) is 0 Å². The summed E-state index contributed by atoms with van der Waals surface area (Å²) in [6.45, 7) is 3.99. The van der Waals surface area contributed by atoms with Gasteiger partial charge < -0.3 is 9.84 Å². The van der Waals surface area contributed by atoms with Crippen molar-refractivity contribution in [3.63, 3.8) is 0 Å². The second kappa shape index (κ2) is 7.25. The lowest BCUT2D eigenvalue weighted by Gasteiger charge is -2.25. The quantitative estimate of drug-likeness (QED) is 0.676. The van der Waals surface area contributed by atoms with Crippen molar-refractivity contribution in [3.8, 4) is 10.7 Å². The first kappa shape index (κ1) is 18.1. The molecule has 1 fully saturated rings. The van der Waals surface area contributed by atoms with Gasteiger partial charge in [0.15, 0.2) is 0 Å². The molecule has 25 heavy (non-hydrogen) atoms. The molecule has 3 amide bonds. The molecule has 134 valence electrons. The number of nitrogens with one attached hydrogen (secondary N) is 1. The molecule has 9 heteroatoms. The third-order valence-corrected chi connectivity index (χ3v) is 5.84. The zero-order valence-electron chi connectivity index (χ0n) is 14.0. The molecular weight excluding hydrogens is 408 g/mol. The number of aromatic nitrogens is 2. The molecule has 0 unspecified atom stereocenters. The Morgan fingerprint density at radius 3 is 2.64 bits per heavy atom. The number of rotatable bonds is 7. The maximum Gasteiger partial charge on any atom is 0.325 e. The molecule has 0 aliphatic carbocycles. The topological polar surface area (TPSA) is 88.3 Å². The molecule has 3 heterocycles. The van der Waals surface area contributed by atoms with E-state index in [9.17, 15) is 9.59 Å². The first-order valence-corrected chi connectivity index (χ1v) is 9.87. The second-order valence-corrected chi connectivity index (χ2v) is 7.87. The van der Waals surface area contributed by atoms with Gasteiger partial charge in [-0.3, -0.25) is 9.69 Å². The lowest BCUT2D eigenvalue weighted by atomic mass is 9.88. The van der Waals surface area contributed by atoms with Crippen LogP contribution in [0.15, 0.2) is 20.4 Å². The van der Waals surface area contributed by atoms with Crippen molar-refractivity contribution >= 4 is 39.2 Å². The monoisotopic (exact) mass is 426 g/mol. The minimum Gasteiger partial charge on any atom is -0.337 e. The van der Waals surface area contributed by atoms with Crippen molar-refractivity contribution in [2.24, 2.45) is 0 Å². The molecule has 3 rings (SSSR count). The minimum atomic E-state index is -0.804. The van der Waals surface area contributed by atoms with Crippen LogP contribution in [0, 0.1) is 0 Å². The van der Waals surface area contributed by atoms with E-state index in [1.54, 1.807) is 0 Å². The maximum absolute atomic E-state index is 12.9. The van der Waals surface area contributed by atoms with E-state index in [0.717, 1.165) is 22.2 Å². The van der Waals surface area contributed by atoms with Crippen molar-refractivity contribution < 1.29 is 14.1 Å². The van der Waals surface area contributed by atoms with Gasteiger partial charge in [0.05, 0.1) is 4.88 Å². The van der Waals surface area contributed by atoms with E-state index in [1.165, 1.54) is 16.2 Å². The van der Waals surface area contributed by atoms with Crippen molar-refractivity contribution in [1.82, 2.24) is 20.4 Å². The molecule has 0 radical (unpaired) electrons. The van der Waals surface area contributed by atoms with Crippen LogP contribution in [-0.2, 0) is 11.3 Å². The molecule has 0 saturated carbocycles. The highest BCUT2D eigenvalue weighted by molar-refractivity contribution is 9.10. The van der Waals surface area contributed by atoms with E-state index in [-0.39, 0.29) is 18.3 Å². The van der Waals surface area contributed by atoms with Crippen LogP contribution in [0.3, 0.4) is 0 Å². The van der Waals surface area contributed by atoms with E-state index in [4.69, 9.17) is 4.52 Å². The highest BCUT2D eigenvalue weighted by atomic mass is 79.9. The molecule has 2 aromatic heterocycles. The van der Waals surface area contributed by atoms with Gasteiger partial charge in [0.25, 0.3) is 5.91 Å². The first-order chi connectivity index (χ1) is 12.0. The summed E-state index contributed by atoms with van der Waals surface area (Å²) >= 11 is 4.86. The number of halogens is 1. The Bertz CT molecular complexity index is 782. The molecule has 0 spiro atoms. The number of imide groups is 1. The summed E-state index contributed by atoms with van der Waals surface area (Å²) in [5, 5.41) is 8.73. The van der Waals surface area contributed by atoms with Gasteiger partial charge in [0.1, 0.15) is 12.1 Å². The summed E-state index contributed by atoms with van der Waals surface area (Å²) in [7, 11) is 0. The molecule has 2 aromatic rings. The SMILES string of the molecule is CCCC1(CCC)NC(=O)N(Cc2nc(-c3cc(Br)cs3)no2)C1=O. The van der Waals surface area contributed by atoms with E-state index in [2.05, 4.69) is 31.4 Å². The number of amides is 3. The number of hydrogen-bond donors (Lipinski definition) is 1. The zero-order valence-corrected chi connectivity index (χ0v) is 16.4. The fourth-order valence-electron chi connectivity index (χ4n) is 3.12. The molecule has 0 aromatic carbocycles. The van der Waals surface area contributed by atoms with Crippen molar-refractivity contribution in [2.75, 3.05) is 0 Å².